The lowest BCUT2D eigenvalue weighted by Crippen LogP contribution is -2.24. The molecule has 0 spiro atoms. The van der Waals surface area contributed by atoms with Crippen molar-refractivity contribution in [1.29, 1.82) is 0 Å². The van der Waals surface area contributed by atoms with Crippen LogP contribution >= 0.6 is 11.8 Å². The molecular weight excluding hydrogens is 214 g/mol. The zero-order chi connectivity index (χ0) is 11.6. The van der Waals surface area contributed by atoms with Gasteiger partial charge in [0.25, 0.3) is 0 Å². The Bertz CT molecular complexity index is 261. The average molecular weight is 237 g/mol. The van der Waals surface area contributed by atoms with Crippen LogP contribution in [0.25, 0.3) is 0 Å². The van der Waals surface area contributed by atoms with Crippen molar-refractivity contribution in [3.8, 4) is 0 Å². The van der Waals surface area contributed by atoms with Crippen LogP contribution in [0.15, 0.2) is 30.3 Å². The van der Waals surface area contributed by atoms with Crippen LogP contribution in [0.1, 0.15) is 38.3 Å². The first kappa shape index (κ1) is 13.6. The Labute approximate surface area is 104 Å². The summed E-state index contributed by atoms with van der Waals surface area (Å²) in [5, 5.41) is 3.62. The summed E-state index contributed by atoms with van der Waals surface area (Å²) in [5.41, 5.74) is 1.42. The van der Waals surface area contributed by atoms with Crippen molar-refractivity contribution in [2.24, 2.45) is 0 Å². The fourth-order valence-corrected chi connectivity index (χ4v) is 2.62. The molecule has 1 aromatic rings. The summed E-state index contributed by atoms with van der Waals surface area (Å²) in [6.07, 6.45) is 2.46. The Kier molecular flexibility index (Phi) is 7.35. The standard InChI is InChI=1S/C14H23NS/c1-3-10-15-14(12-16-11-4-2)13-8-6-5-7-9-13/h5-9,14-15H,3-4,10-12H2,1-2H3. The zero-order valence-electron chi connectivity index (χ0n) is 10.4. The van der Waals surface area contributed by atoms with E-state index in [1.165, 1.54) is 29.9 Å². The highest BCUT2D eigenvalue weighted by Gasteiger charge is 2.09. The van der Waals surface area contributed by atoms with Gasteiger partial charge in [0.05, 0.1) is 0 Å². The first-order valence-corrected chi connectivity index (χ1v) is 7.40. The Morgan fingerprint density at radius 2 is 1.88 bits per heavy atom. The van der Waals surface area contributed by atoms with E-state index in [1.807, 2.05) is 11.8 Å². The maximum Gasteiger partial charge on any atom is 0.0411 e. The van der Waals surface area contributed by atoms with Crippen molar-refractivity contribution in [3.63, 3.8) is 0 Å². The summed E-state index contributed by atoms with van der Waals surface area (Å²) in [5.74, 6) is 2.44. The molecule has 1 rings (SSSR count). The Balaban J connectivity index is 2.49. The van der Waals surface area contributed by atoms with E-state index in [0.29, 0.717) is 6.04 Å². The minimum Gasteiger partial charge on any atom is -0.309 e. The fraction of sp³-hybridized carbons (Fsp3) is 0.571. The predicted octanol–water partition coefficient (Wildman–Crippen LogP) is 3.87. The number of hydrogen-bond acceptors (Lipinski definition) is 2. The van der Waals surface area contributed by atoms with Gasteiger partial charge in [-0.15, -0.1) is 0 Å². The van der Waals surface area contributed by atoms with E-state index in [1.54, 1.807) is 0 Å². The van der Waals surface area contributed by atoms with Crippen molar-refractivity contribution < 1.29 is 0 Å². The van der Waals surface area contributed by atoms with Crippen LogP contribution in [0.4, 0.5) is 0 Å². The molecule has 0 aliphatic heterocycles. The first-order chi connectivity index (χ1) is 7.88. The quantitative estimate of drug-likeness (QED) is 0.689. The lowest BCUT2D eigenvalue weighted by atomic mass is 10.1. The molecule has 1 aromatic carbocycles. The van der Waals surface area contributed by atoms with Crippen molar-refractivity contribution in [3.05, 3.63) is 35.9 Å². The number of benzene rings is 1. The number of thioether (sulfide) groups is 1. The van der Waals surface area contributed by atoms with E-state index < -0.39 is 0 Å². The van der Waals surface area contributed by atoms with Gasteiger partial charge in [-0.05, 0) is 30.7 Å². The van der Waals surface area contributed by atoms with E-state index >= 15 is 0 Å². The molecule has 1 unspecified atom stereocenters. The predicted molar refractivity (Wildman–Crippen MR) is 75.1 cm³/mol. The molecule has 1 atom stereocenters. The second-order valence-electron chi connectivity index (χ2n) is 3.99. The van der Waals surface area contributed by atoms with Crippen molar-refractivity contribution in [2.75, 3.05) is 18.1 Å². The molecule has 0 saturated heterocycles. The fourth-order valence-electron chi connectivity index (χ4n) is 1.62. The number of hydrogen-bond donors (Lipinski definition) is 1. The molecule has 0 saturated carbocycles. The Morgan fingerprint density at radius 3 is 2.50 bits per heavy atom. The molecule has 0 aromatic heterocycles. The smallest absolute Gasteiger partial charge is 0.0411 e. The van der Waals surface area contributed by atoms with E-state index in [4.69, 9.17) is 0 Å². The molecule has 90 valence electrons. The van der Waals surface area contributed by atoms with Gasteiger partial charge in [-0.25, -0.2) is 0 Å². The van der Waals surface area contributed by atoms with Crippen LogP contribution in [-0.2, 0) is 0 Å². The highest BCUT2D eigenvalue weighted by Crippen LogP contribution is 2.18. The van der Waals surface area contributed by atoms with Gasteiger partial charge >= 0.3 is 0 Å². The van der Waals surface area contributed by atoms with Gasteiger partial charge in [-0.2, -0.15) is 11.8 Å². The lowest BCUT2D eigenvalue weighted by molar-refractivity contribution is 0.577. The minimum atomic E-state index is 0.512. The second-order valence-corrected chi connectivity index (χ2v) is 5.14. The molecule has 2 heteroatoms. The van der Waals surface area contributed by atoms with Crippen LogP contribution in [0.2, 0.25) is 0 Å². The zero-order valence-corrected chi connectivity index (χ0v) is 11.2. The monoisotopic (exact) mass is 237 g/mol. The minimum absolute atomic E-state index is 0.512. The summed E-state index contributed by atoms with van der Waals surface area (Å²) < 4.78 is 0. The molecule has 0 heterocycles. The molecule has 0 aliphatic carbocycles. The lowest BCUT2D eigenvalue weighted by Gasteiger charge is -2.18. The van der Waals surface area contributed by atoms with Crippen LogP contribution in [0, 0.1) is 0 Å². The van der Waals surface area contributed by atoms with Crippen molar-refractivity contribution >= 4 is 11.8 Å². The van der Waals surface area contributed by atoms with E-state index in [9.17, 15) is 0 Å². The summed E-state index contributed by atoms with van der Waals surface area (Å²) in [6.45, 7) is 5.56. The Morgan fingerprint density at radius 1 is 1.12 bits per heavy atom. The number of nitrogens with one attached hydrogen (secondary N) is 1. The van der Waals surface area contributed by atoms with Crippen LogP contribution < -0.4 is 5.32 Å². The molecule has 1 N–H and O–H groups in total. The second kappa shape index (κ2) is 8.66. The molecule has 0 bridgehead atoms. The highest BCUT2D eigenvalue weighted by molar-refractivity contribution is 7.99. The number of rotatable bonds is 8. The third-order valence-electron chi connectivity index (χ3n) is 2.48. The van der Waals surface area contributed by atoms with E-state index in [0.717, 1.165) is 6.54 Å². The van der Waals surface area contributed by atoms with Crippen LogP contribution in [0.5, 0.6) is 0 Å². The van der Waals surface area contributed by atoms with Crippen LogP contribution in [-0.4, -0.2) is 18.1 Å². The van der Waals surface area contributed by atoms with Gasteiger partial charge in [0, 0.05) is 11.8 Å². The molecule has 1 nitrogen and oxygen atoms in total. The summed E-state index contributed by atoms with van der Waals surface area (Å²) in [4.78, 5) is 0. The first-order valence-electron chi connectivity index (χ1n) is 6.24. The SMILES string of the molecule is CCCNC(CSCCC)c1ccccc1. The van der Waals surface area contributed by atoms with Crippen LogP contribution in [0.3, 0.4) is 0 Å². The van der Waals surface area contributed by atoms with E-state index in [2.05, 4.69) is 49.5 Å². The molecule has 16 heavy (non-hydrogen) atoms. The summed E-state index contributed by atoms with van der Waals surface area (Å²) in [7, 11) is 0. The molecule has 0 amide bonds. The maximum atomic E-state index is 3.62. The van der Waals surface area contributed by atoms with E-state index in [-0.39, 0.29) is 0 Å². The maximum absolute atomic E-state index is 3.62. The topological polar surface area (TPSA) is 12.0 Å². The third kappa shape index (κ3) is 5.04. The van der Waals surface area contributed by atoms with Gasteiger partial charge in [0.2, 0.25) is 0 Å². The van der Waals surface area contributed by atoms with Gasteiger partial charge in [-0.3, -0.25) is 0 Å². The molecule has 0 fully saturated rings. The van der Waals surface area contributed by atoms with Gasteiger partial charge < -0.3 is 5.32 Å². The summed E-state index contributed by atoms with van der Waals surface area (Å²) in [6, 6.07) is 11.3. The van der Waals surface area contributed by atoms with Gasteiger partial charge in [0.1, 0.15) is 0 Å². The third-order valence-corrected chi connectivity index (χ3v) is 3.74. The molecule has 0 aliphatic rings. The summed E-state index contributed by atoms with van der Waals surface area (Å²) >= 11 is 2.04. The van der Waals surface area contributed by atoms with Gasteiger partial charge in [0.15, 0.2) is 0 Å². The normalized spacial score (nSPS) is 12.6. The molecular formula is C14H23NS. The van der Waals surface area contributed by atoms with Crippen molar-refractivity contribution in [2.45, 2.75) is 32.7 Å². The molecule has 0 radical (unpaired) electrons. The largest absolute Gasteiger partial charge is 0.309 e. The van der Waals surface area contributed by atoms with Gasteiger partial charge in [-0.1, -0.05) is 44.2 Å². The van der Waals surface area contributed by atoms with Crippen molar-refractivity contribution in [1.82, 2.24) is 5.32 Å². The Hall–Kier alpha value is -0.470. The highest BCUT2D eigenvalue weighted by atomic mass is 32.2. The average Bonchev–Trinajstić information content (AvgIpc) is 2.35.